The zero-order chi connectivity index (χ0) is 99.9. The minimum Gasteiger partial charge on any atom is -0.480 e. The second-order valence-corrected chi connectivity index (χ2v) is 36.4. The molecule has 0 spiro atoms. The number of benzene rings is 7. The summed E-state index contributed by atoms with van der Waals surface area (Å²) >= 11 is 1.51. The molecule has 0 unspecified atom stereocenters. The Morgan fingerprint density at radius 3 is 1.09 bits per heavy atom. The molecule has 2 fully saturated rings. The van der Waals surface area contributed by atoms with Gasteiger partial charge >= 0.3 is 5.97 Å². The second kappa shape index (κ2) is 54.8. The number of rotatable bonds is 53. The maximum Gasteiger partial charge on any atom is 0.326 e. The van der Waals surface area contributed by atoms with Crippen LogP contribution in [0.15, 0.2) is 225 Å². The number of aliphatic carboxylic acids is 1. The Bertz CT molecular complexity index is 5360. The molecule has 36 heteroatoms. The Balaban J connectivity index is 0.860. The Hall–Kier alpha value is -14.0. The Kier molecular flexibility index (Phi) is 42.2. The number of aliphatic hydroxyl groups is 1. The molecular formula is C103H130N18O17S. The van der Waals surface area contributed by atoms with Crippen LogP contribution >= 0.6 is 11.8 Å². The molecule has 10 rings (SSSR count). The summed E-state index contributed by atoms with van der Waals surface area (Å²) in [7, 11) is 0. The van der Waals surface area contributed by atoms with Gasteiger partial charge in [0.2, 0.25) is 82.7 Å². The predicted octanol–water partition coefficient (Wildman–Crippen LogP) is 3.19. The van der Waals surface area contributed by atoms with Crippen molar-refractivity contribution in [2.45, 2.75) is 234 Å². The fraction of sp³-hybridized carbons (Fsp3) is 0.417. The van der Waals surface area contributed by atoms with Crippen LogP contribution in [-0.4, -0.2) is 247 Å². The smallest absolute Gasteiger partial charge is 0.326 e. The number of unbranched alkanes of at least 4 members (excludes halogenated alkanes) is 1. The van der Waals surface area contributed by atoms with Crippen molar-refractivity contribution in [2.24, 2.45) is 17.4 Å². The first kappa shape index (κ1) is 107. The molecule has 3 heterocycles. The van der Waals surface area contributed by atoms with E-state index in [9.17, 15) is 48.6 Å². The summed E-state index contributed by atoms with van der Waals surface area (Å²) < 4.78 is 0. The summed E-state index contributed by atoms with van der Waals surface area (Å²) in [4.78, 5) is 230. The first-order valence-electron chi connectivity index (χ1n) is 47.3. The first-order chi connectivity index (χ1) is 67.0. The van der Waals surface area contributed by atoms with E-state index in [4.69, 9.17) is 11.5 Å². The molecule has 7 aromatic carbocycles. The molecule has 0 saturated carbocycles. The maximum absolute atomic E-state index is 15.4. The van der Waals surface area contributed by atoms with E-state index in [0.717, 1.165) is 0 Å². The van der Waals surface area contributed by atoms with Crippen LogP contribution in [0, 0.1) is 5.92 Å². The minimum absolute atomic E-state index is 0.0786. The van der Waals surface area contributed by atoms with E-state index >= 15 is 33.6 Å². The summed E-state index contributed by atoms with van der Waals surface area (Å²) in [5, 5.41) is 54.9. The van der Waals surface area contributed by atoms with Crippen molar-refractivity contribution in [2.75, 3.05) is 31.6 Å². The van der Waals surface area contributed by atoms with Gasteiger partial charge in [0.25, 0.3) is 0 Å². The third-order valence-corrected chi connectivity index (χ3v) is 25.4. The minimum atomic E-state index is -1.76. The van der Waals surface area contributed by atoms with Crippen molar-refractivity contribution in [3.05, 3.63) is 269 Å². The first-order valence-corrected chi connectivity index (χ1v) is 48.7. The number of thioether (sulfide) groups is 1. The molecule has 2 aliphatic heterocycles. The van der Waals surface area contributed by atoms with Crippen LogP contribution in [-0.2, 0) is 123 Å². The lowest BCUT2D eigenvalue weighted by molar-refractivity contribution is -0.149. The second-order valence-electron chi connectivity index (χ2n) is 35.4. The lowest BCUT2D eigenvalue weighted by atomic mass is 9.96. The normalized spacial score (nSPS) is 16.6. The van der Waals surface area contributed by atoms with Crippen molar-refractivity contribution in [1.29, 1.82) is 0 Å². The van der Waals surface area contributed by atoms with E-state index in [1.807, 2.05) is 13.2 Å². The monoisotopic (exact) mass is 1920 g/mol. The van der Waals surface area contributed by atoms with Crippen LogP contribution in [0.4, 0.5) is 0 Å². The maximum atomic E-state index is 15.4. The molecule has 1 aromatic heterocycles. The highest BCUT2D eigenvalue weighted by molar-refractivity contribution is 7.98. The molecule has 0 radical (unpaired) electrons. The summed E-state index contributed by atoms with van der Waals surface area (Å²) in [5.41, 5.74) is 16.5. The molecule has 0 bridgehead atoms. The highest BCUT2D eigenvalue weighted by Gasteiger charge is 2.45. The molecule has 19 N–H and O–H groups in total. The van der Waals surface area contributed by atoms with Crippen LogP contribution in [0.5, 0.6) is 0 Å². The van der Waals surface area contributed by atoms with Crippen molar-refractivity contribution >= 4 is 100 Å². The molecule has 17 atom stereocenters. The number of H-pyrrole nitrogens is 1. The van der Waals surface area contributed by atoms with Crippen LogP contribution in [0.3, 0.4) is 0 Å². The number of carbonyl (C=O) groups excluding carboxylic acids is 14. The Morgan fingerprint density at radius 1 is 0.396 bits per heavy atom. The number of carbonyl (C=O) groups is 15. The average molecular weight is 1920 g/mol. The highest BCUT2D eigenvalue weighted by atomic mass is 32.2. The molecule has 35 nitrogen and oxygen atoms in total. The fourth-order valence-electron chi connectivity index (χ4n) is 16.8. The molecular weight excluding hydrogens is 1790 g/mol. The van der Waals surface area contributed by atoms with Gasteiger partial charge in [-0.05, 0) is 129 Å². The standard InChI is InChI=1S/C103H130N18O17S/c1-6-64(2)87(118-98(132)83(61-74-62-106-63-107-74)115-91(125)76(46-28-29-50-104)109-90(124)75(105)49-53-139-5)102(136)120-51-30-47-85(120)99(133)116-81(58-71-40-22-11-23-41-71)96(130)113-79(56-69-36-18-9-19-37-69)94(128)111-77(54-67-32-14-7-15-33-67)92(126)108-65(3)89(123)110-78(55-68-34-16-8-17-35-68)93(127)112-80(57-70-38-20-10-21-39-70)95(129)114-82(59-72-42-24-12-25-43-72)97(131)119-88(66(4)122)100(134)117-84(60-73-44-26-13-27-45-73)101(135)121-52-31-48-86(121)103(137)138/h7-27,32-45,62-66,75-88,122H,6,28-31,46-61,104-105H2,1-5H3,(H,106,107)(H,108,126)(H,109,124)(H,110,123)(H,111,128)(H,112,127)(H,113,130)(H,114,129)(H,115,125)(H,116,133)(H,117,134)(H,118,132)(H,119,131)(H,137,138)/t64-,65-,66+,75-,76-,77-,78-,79-,80-,81-,82-,83-,84-,85-,86-,87-,88-/m0/s1. The van der Waals surface area contributed by atoms with E-state index in [1.54, 1.807) is 219 Å². The number of nitrogens with two attached hydrogens (primary N) is 2. The van der Waals surface area contributed by atoms with Crippen LogP contribution in [0.25, 0.3) is 0 Å². The quantitative estimate of drug-likeness (QED) is 0.0243. The molecule has 740 valence electrons. The number of carboxylic acids is 1. The van der Waals surface area contributed by atoms with E-state index in [0.29, 0.717) is 95.5 Å². The number of aromatic amines is 1. The Labute approximate surface area is 813 Å². The third-order valence-electron chi connectivity index (χ3n) is 24.8. The van der Waals surface area contributed by atoms with E-state index in [-0.39, 0.29) is 83.7 Å². The third kappa shape index (κ3) is 33.2. The number of hydrogen-bond donors (Lipinski definition) is 17. The molecule has 139 heavy (non-hydrogen) atoms. The van der Waals surface area contributed by atoms with Crippen molar-refractivity contribution < 1.29 is 82.1 Å². The number of nitrogens with zero attached hydrogens (tertiary/aromatic N) is 3. The van der Waals surface area contributed by atoms with E-state index < -0.39 is 191 Å². The van der Waals surface area contributed by atoms with E-state index in [1.165, 1.54) is 47.9 Å². The number of hydrogen-bond acceptors (Lipinski definition) is 20. The zero-order valence-electron chi connectivity index (χ0n) is 78.9. The van der Waals surface area contributed by atoms with Crippen LogP contribution < -0.4 is 75.3 Å². The van der Waals surface area contributed by atoms with Gasteiger partial charge in [0.05, 0.1) is 18.5 Å². The zero-order valence-corrected chi connectivity index (χ0v) is 79.8. The summed E-state index contributed by atoms with van der Waals surface area (Å²) in [6.45, 7) is 6.72. The number of aromatic nitrogens is 2. The lowest BCUT2D eigenvalue weighted by Crippen LogP contribution is -2.62. The molecule has 14 amide bonds. The van der Waals surface area contributed by atoms with Gasteiger partial charge in [0, 0.05) is 76.3 Å². The van der Waals surface area contributed by atoms with Gasteiger partial charge in [-0.15, -0.1) is 0 Å². The predicted molar refractivity (Wildman–Crippen MR) is 524 cm³/mol. The lowest BCUT2D eigenvalue weighted by Gasteiger charge is -2.33. The molecule has 0 aliphatic carbocycles. The Morgan fingerprint density at radius 2 is 0.727 bits per heavy atom. The molecule has 2 aliphatic rings. The summed E-state index contributed by atoms with van der Waals surface area (Å²) in [5.74, 6) is -12.3. The number of nitrogens with one attached hydrogen (secondary N) is 13. The van der Waals surface area contributed by atoms with Gasteiger partial charge in [0.1, 0.15) is 84.6 Å². The average Bonchev–Trinajstić information content (AvgIpc) is 1.65. The summed E-state index contributed by atoms with van der Waals surface area (Å²) in [6, 6.07) is 40.1. The van der Waals surface area contributed by atoms with Crippen molar-refractivity contribution in [3.63, 3.8) is 0 Å². The molecule has 2 saturated heterocycles. The number of amides is 14. The van der Waals surface area contributed by atoms with Gasteiger partial charge in [-0.2, -0.15) is 11.8 Å². The van der Waals surface area contributed by atoms with Gasteiger partial charge in [0.15, 0.2) is 0 Å². The van der Waals surface area contributed by atoms with Crippen LogP contribution in [0.2, 0.25) is 0 Å². The van der Waals surface area contributed by atoms with Gasteiger partial charge in [-0.3, -0.25) is 67.1 Å². The number of carboxylic acid groups (broad SMARTS) is 1. The van der Waals surface area contributed by atoms with Gasteiger partial charge in [-0.25, -0.2) is 9.78 Å². The number of aliphatic hydroxyl groups excluding tert-OH is 1. The number of likely N-dealkylation sites (tertiary alicyclic amines) is 2. The SMILES string of the molecule is CC[C@H](C)[C@H](NC(=O)[C@H](Cc1cnc[nH]1)NC(=O)[C@H](CCCCN)NC(=O)[C@@H](N)CCSC)C(=O)N1CCC[C@H]1C(=O)N[C@@H](Cc1ccccc1)C(=O)N[C@@H](Cc1ccccc1)C(=O)N[C@@H](Cc1ccccc1)C(=O)N[C@@H](C)C(=O)N[C@@H](Cc1ccccc1)C(=O)N[C@@H](Cc1ccccc1)C(=O)N[C@@H](Cc1ccccc1)C(=O)N[C@H](C(=O)N[C@@H](Cc1ccccc1)C(=O)N1CCC[C@H]1C(=O)O)[C@@H](C)O. The topological polar surface area (TPSA) is 528 Å². The highest BCUT2D eigenvalue weighted by Crippen LogP contribution is 2.25. The molecule has 8 aromatic rings. The van der Waals surface area contributed by atoms with Crippen molar-refractivity contribution in [3.8, 4) is 0 Å². The largest absolute Gasteiger partial charge is 0.480 e. The fourth-order valence-corrected chi connectivity index (χ4v) is 17.3. The summed E-state index contributed by atoms with van der Waals surface area (Å²) in [6.07, 6.45) is 4.97. The number of imidazole rings is 1. The van der Waals surface area contributed by atoms with Gasteiger partial charge in [-0.1, -0.05) is 233 Å². The van der Waals surface area contributed by atoms with Crippen molar-refractivity contribution in [1.82, 2.24) is 83.6 Å². The van der Waals surface area contributed by atoms with E-state index in [2.05, 4.69) is 73.8 Å². The van der Waals surface area contributed by atoms with Crippen LogP contribution in [0.1, 0.15) is 130 Å². The van der Waals surface area contributed by atoms with Gasteiger partial charge < -0.3 is 100 Å².